The van der Waals surface area contributed by atoms with Gasteiger partial charge >= 0.3 is 0 Å². The third-order valence-electron chi connectivity index (χ3n) is 4.01. The number of hydrogen-bond donors (Lipinski definition) is 2. The van der Waals surface area contributed by atoms with Crippen molar-refractivity contribution in [3.8, 4) is 5.69 Å². The number of thioether (sulfide) groups is 1. The fourth-order valence-corrected chi connectivity index (χ4v) is 3.51. The summed E-state index contributed by atoms with van der Waals surface area (Å²) in [4.78, 5) is 32.8. The van der Waals surface area contributed by atoms with Gasteiger partial charge in [0.25, 0.3) is 5.56 Å². The molecule has 0 fully saturated rings. The molecule has 8 heteroatoms. The summed E-state index contributed by atoms with van der Waals surface area (Å²) in [7, 11) is 1.58. The van der Waals surface area contributed by atoms with Crippen LogP contribution < -0.4 is 10.9 Å². The zero-order chi connectivity index (χ0) is 19.4. The van der Waals surface area contributed by atoms with Crippen LogP contribution in [0.1, 0.15) is 11.3 Å². The zero-order valence-electron chi connectivity index (χ0n) is 15.5. The Morgan fingerprint density at radius 2 is 2.04 bits per heavy atom. The van der Waals surface area contributed by atoms with E-state index in [0.717, 1.165) is 16.9 Å². The first-order valence-electron chi connectivity index (χ1n) is 8.57. The van der Waals surface area contributed by atoms with Crippen LogP contribution in [-0.2, 0) is 9.53 Å². The number of H-pyrrole nitrogens is 1. The lowest BCUT2D eigenvalue weighted by molar-refractivity contribution is -0.118. The number of nitrogens with one attached hydrogen (secondary N) is 2. The average Bonchev–Trinajstić information content (AvgIpc) is 3.02. The molecule has 0 atom stereocenters. The van der Waals surface area contributed by atoms with Crippen LogP contribution in [0.3, 0.4) is 0 Å². The van der Waals surface area contributed by atoms with Gasteiger partial charge in [-0.05, 0) is 32.0 Å². The monoisotopic (exact) mass is 386 g/mol. The molecule has 0 spiro atoms. The molecule has 0 saturated carbocycles. The first-order valence-corrected chi connectivity index (χ1v) is 9.56. The predicted octanol–water partition coefficient (Wildman–Crippen LogP) is 2.19. The summed E-state index contributed by atoms with van der Waals surface area (Å²) in [6, 6.07) is 9.47. The molecule has 2 heterocycles. The summed E-state index contributed by atoms with van der Waals surface area (Å²) < 4.78 is 6.47. The number of aromatic amines is 1. The molecule has 0 bridgehead atoms. The predicted molar refractivity (Wildman–Crippen MR) is 107 cm³/mol. The SMILES string of the molecule is COCCNC(=O)CSc1nc2cc(C)[nH]c2c(=O)n1-c1ccc(C)cc1. The van der Waals surface area contributed by atoms with Gasteiger partial charge in [0.2, 0.25) is 5.91 Å². The molecule has 3 rings (SSSR count). The third kappa shape index (κ3) is 4.40. The fourth-order valence-electron chi connectivity index (χ4n) is 2.67. The van der Waals surface area contributed by atoms with Gasteiger partial charge in [-0.1, -0.05) is 29.5 Å². The van der Waals surface area contributed by atoms with Crippen LogP contribution in [0.15, 0.2) is 40.3 Å². The van der Waals surface area contributed by atoms with Crippen molar-refractivity contribution in [2.45, 2.75) is 19.0 Å². The van der Waals surface area contributed by atoms with Crippen LogP contribution in [0.5, 0.6) is 0 Å². The number of amides is 1. The van der Waals surface area contributed by atoms with Gasteiger partial charge in [0.05, 0.1) is 23.6 Å². The molecule has 1 amide bonds. The minimum atomic E-state index is -0.181. The fraction of sp³-hybridized carbons (Fsp3) is 0.316. The van der Waals surface area contributed by atoms with Gasteiger partial charge in [-0.25, -0.2) is 4.98 Å². The molecule has 3 aromatic rings. The van der Waals surface area contributed by atoms with Crippen LogP contribution in [0.4, 0.5) is 0 Å². The quantitative estimate of drug-likeness (QED) is 0.369. The maximum absolute atomic E-state index is 13.1. The van der Waals surface area contributed by atoms with Gasteiger partial charge in [-0.15, -0.1) is 0 Å². The van der Waals surface area contributed by atoms with Crippen LogP contribution in [0, 0.1) is 13.8 Å². The molecular weight excluding hydrogens is 364 g/mol. The van der Waals surface area contributed by atoms with E-state index in [-0.39, 0.29) is 17.2 Å². The molecule has 142 valence electrons. The van der Waals surface area contributed by atoms with Crippen LogP contribution in [0.25, 0.3) is 16.7 Å². The maximum Gasteiger partial charge on any atom is 0.283 e. The van der Waals surface area contributed by atoms with Crippen molar-refractivity contribution in [1.82, 2.24) is 19.9 Å². The summed E-state index contributed by atoms with van der Waals surface area (Å²) in [5, 5.41) is 3.25. The van der Waals surface area contributed by atoms with Gasteiger partial charge in [0.1, 0.15) is 5.52 Å². The Morgan fingerprint density at radius 3 is 2.74 bits per heavy atom. The Balaban J connectivity index is 1.97. The van der Waals surface area contributed by atoms with Gasteiger partial charge in [0.15, 0.2) is 5.16 Å². The largest absolute Gasteiger partial charge is 0.383 e. The van der Waals surface area contributed by atoms with Crippen molar-refractivity contribution in [3.05, 3.63) is 51.9 Å². The van der Waals surface area contributed by atoms with E-state index >= 15 is 0 Å². The van der Waals surface area contributed by atoms with Gasteiger partial charge in [0, 0.05) is 19.3 Å². The van der Waals surface area contributed by atoms with E-state index in [4.69, 9.17) is 4.74 Å². The second-order valence-electron chi connectivity index (χ2n) is 6.21. The zero-order valence-corrected chi connectivity index (χ0v) is 16.4. The van der Waals surface area contributed by atoms with Crippen molar-refractivity contribution in [2.24, 2.45) is 0 Å². The second-order valence-corrected chi connectivity index (χ2v) is 7.16. The van der Waals surface area contributed by atoms with E-state index in [0.29, 0.717) is 29.3 Å². The summed E-state index contributed by atoms with van der Waals surface area (Å²) in [5.74, 6) is 0.0313. The summed E-state index contributed by atoms with van der Waals surface area (Å²) in [6.45, 7) is 4.77. The van der Waals surface area contributed by atoms with Crippen molar-refractivity contribution in [2.75, 3.05) is 26.0 Å². The molecule has 7 nitrogen and oxygen atoms in total. The molecule has 0 unspecified atom stereocenters. The topological polar surface area (TPSA) is 89.0 Å². The number of aryl methyl sites for hydroxylation is 2. The van der Waals surface area contributed by atoms with Crippen molar-refractivity contribution in [1.29, 1.82) is 0 Å². The van der Waals surface area contributed by atoms with E-state index in [1.54, 1.807) is 11.7 Å². The number of carbonyl (C=O) groups is 1. The first-order chi connectivity index (χ1) is 13.0. The highest BCUT2D eigenvalue weighted by Crippen LogP contribution is 2.21. The Bertz CT molecular complexity index is 1010. The normalized spacial score (nSPS) is 11.1. The third-order valence-corrected chi connectivity index (χ3v) is 4.95. The smallest absolute Gasteiger partial charge is 0.283 e. The Kier molecular flexibility index (Phi) is 5.98. The molecule has 2 N–H and O–H groups in total. The number of rotatable bonds is 7. The lowest BCUT2D eigenvalue weighted by atomic mass is 10.2. The number of fused-ring (bicyclic) bond motifs is 1. The standard InChI is InChI=1S/C19H22N4O3S/c1-12-4-6-14(7-5-12)23-18(25)17-15(10-13(2)21-17)22-19(23)27-11-16(24)20-8-9-26-3/h4-7,10,21H,8-9,11H2,1-3H3,(H,20,24). The summed E-state index contributed by atoms with van der Waals surface area (Å²) in [6.07, 6.45) is 0. The summed E-state index contributed by atoms with van der Waals surface area (Å²) in [5.41, 5.74) is 3.56. The number of ether oxygens (including phenoxy) is 1. The van der Waals surface area contributed by atoms with Crippen LogP contribution >= 0.6 is 11.8 Å². The van der Waals surface area contributed by atoms with Crippen molar-refractivity contribution in [3.63, 3.8) is 0 Å². The van der Waals surface area contributed by atoms with E-state index in [1.807, 2.05) is 44.2 Å². The van der Waals surface area contributed by atoms with E-state index < -0.39 is 0 Å². The number of carbonyl (C=O) groups excluding carboxylic acids is 1. The number of nitrogens with zero attached hydrogens (tertiary/aromatic N) is 2. The lowest BCUT2D eigenvalue weighted by Crippen LogP contribution is -2.29. The van der Waals surface area contributed by atoms with Gasteiger partial charge < -0.3 is 15.0 Å². The summed E-state index contributed by atoms with van der Waals surface area (Å²) >= 11 is 1.24. The molecule has 2 aromatic heterocycles. The van der Waals surface area contributed by atoms with Crippen molar-refractivity contribution >= 4 is 28.7 Å². The van der Waals surface area contributed by atoms with E-state index in [2.05, 4.69) is 15.3 Å². The number of methoxy groups -OCH3 is 1. The molecule has 27 heavy (non-hydrogen) atoms. The molecule has 0 aliphatic heterocycles. The molecule has 1 aromatic carbocycles. The van der Waals surface area contributed by atoms with Crippen molar-refractivity contribution < 1.29 is 9.53 Å². The van der Waals surface area contributed by atoms with E-state index in [9.17, 15) is 9.59 Å². The van der Waals surface area contributed by atoms with Crippen LogP contribution in [0.2, 0.25) is 0 Å². The Labute approximate surface area is 161 Å². The second kappa shape index (κ2) is 8.41. The molecule has 0 radical (unpaired) electrons. The Hall–Kier alpha value is -2.58. The average molecular weight is 386 g/mol. The molecule has 0 saturated heterocycles. The van der Waals surface area contributed by atoms with Gasteiger partial charge in [-0.3, -0.25) is 14.2 Å². The molecule has 0 aliphatic rings. The number of hydrogen-bond acceptors (Lipinski definition) is 5. The highest BCUT2D eigenvalue weighted by Gasteiger charge is 2.16. The number of benzene rings is 1. The van der Waals surface area contributed by atoms with Crippen LogP contribution in [-0.4, -0.2) is 46.5 Å². The lowest BCUT2D eigenvalue weighted by Gasteiger charge is -2.12. The van der Waals surface area contributed by atoms with Gasteiger partial charge in [-0.2, -0.15) is 0 Å². The maximum atomic E-state index is 13.1. The molecular formula is C19H22N4O3S. The highest BCUT2D eigenvalue weighted by molar-refractivity contribution is 7.99. The highest BCUT2D eigenvalue weighted by atomic mass is 32.2. The first kappa shape index (κ1) is 19.2. The Morgan fingerprint density at radius 1 is 1.30 bits per heavy atom. The minimum absolute atomic E-state index is 0.132. The minimum Gasteiger partial charge on any atom is -0.383 e. The molecule has 0 aliphatic carbocycles. The van der Waals surface area contributed by atoms with E-state index in [1.165, 1.54) is 11.8 Å². The number of aromatic nitrogens is 3.